The summed E-state index contributed by atoms with van der Waals surface area (Å²) in [7, 11) is 0. The van der Waals surface area contributed by atoms with Crippen molar-refractivity contribution in [3.63, 3.8) is 0 Å². The van der Waals surface area contributed by atoms with E-state index < -0.39 is 29.9 Å². The lowest BCUT2D eigenvalue weighted by Crippen LogP contribution is -2.34. The average Bonchev–Trinajstić information content (AvgIpc) is 2.63. The van der Waals surface area contributed by atoms with Crippen LogP contribution in [0.1, 0.15) is 18.2 Å². The number of carbonyl (C=O) groups excluding carboxylic acids is 1. The van der Waals surface area contributed by atoms with Gasteiger partial charge in [0.05, 0.1) is 11.0 Å². The molecule has 5 nitrogen and oxygen atoms in total. The van der Waals surface area contributed by atoms with Gasteiger partial charge in [-0.25, -0.2) is 4.98 Å². The molecule has 0 bridgehead atoms. The molecule has 0 aliphatic carbocycles. The first-order valence-corrected chi connectivity index (χ1v) is 8.25. The van der Waals surface area contributed by atoms with E-state index >= 15 is 0 Å². The van der Waals surface area contributed by atoms with Crippen LogP contribution < -0.4 is 10.9 Å². The minimum Gasteiger partial charge on any atom is -0.324 e. The lowest BCUT2D eigenvalue weighted by Gasteiger charge is -2.14. The monoisotopic (exact) mass is 375 g/mol. The number of hydrogen-bond acceptors (Lipinski definition) is 3. The highest BCUT2D eigenvalue weighted by molar-refractivity contribution is 5.92. The molecule has 3 aromatic rings. The second-order valence-electron chi connectivity index (χ2n) is 5.90. The Morgan fingerprint density at radius 2 is 1.78 bits per heavy atom. The minimum atomic E-state index is -4.91. The molecule has 1 heterocycles. The number of anilines is 1. The molecule has 0 aliphatic rings. The molecule has 0 spiro atoms. The van der Waals surface area contributed by atoms with Gasteiger partial charge in [-0.15, -0.1) is 0 Å². The van der Waals surface area contributed by atoms with Gasteiger partial charge in [0, 0.05) is 5.69 Å². The SMILES string of the molecule is CCc1ccccc1NC(=O)Cn1c(=O)c(C(F)(F)F)nc2ccccc21. The number of nitrogens with zero attached hydrogens (tertiary/aromatic N) is 2. The van der Waals surface area contributed by atoms with Crippen LogP contribution in [0.25, 0.3) is 11.0 Å². The fourth-order valence-corrected chi connectivity index (χ4v) is 2.82. The molecule has 0 saturated heterocycles. The smallest absolute Gasteiger partial charge is 0.324 e. The zero-order chi connectivity index (χ0) is 19.6. The van der Waals surface area contributed by atoms with Crippen LogP contribution in [0.3, 0.4) is 0 Å². The minimum absolute atomic E-state index is 0.00816. The second kappa shape index (κ2) is 7.22. The number of fused-ring (bicyclic) bond motifs is 1. The first-order valence-electron chi connectivity index (χ1n) is 8.25. The molecule has 0 atom stereocenters. The Morgan fingerprint density at radius 3 is 2.48 bits per heavy atom. The average molecular weight is 375 g/mol. The fourth-order valence-electron chi connectivity index (χ4n) is 2.82. The van der Waals surface area contributed by atoms with E-state index in [1.165, 1.54) is 18.2 Å². The van der Waals surface area contributed by atoms with Crippen molar-refractivity contribution >= 4 is 22.6 Å². The van der Waals surface area contributed by atoms with E-state index in [0.717, 1.165) is 10.1 Å². The van der Waals surface area contributed by atoms with Crippen LogP contribution in [0, 0.1) is 0 Å². The van der Waals surface area contributed by atoms with Gasteiger partial charge in [-0.3, -0.25) is 14.2 Å². The summed E-state index contributed by atoms with van der Waals surface area (Å²) in [6.07, 6.45) is -4.24. The molecule has 0 aliphatic heterocycles. The van der Waals surface area contributed by atoms with Crippen molar-refractivity contribution in [3.05, 3.63) is 70.1 Å². The number of aromatic nitrogens is 2. The van der Waals surface area contributed by atoms with Crippen LogP contribution in [-0.2, 0) is 23.9 Å². The number of halogens is 3. The van der Waals surface area contributed by atoms with Crippen LogP contribution in [0.15, 0.2) is 53.3 Å². The standard InChI is InChI=1S/C19H16F3N3O2/c1-2-12-7-3-4-8-13(12)23-16(26)11-25-15-10-6-5-9-14(15)24-17(18(25)27)19(20,21)22/h3-10H,2,11H2,1H3,(H,23,26). The molecule has 0 radical (unpaired) electrons. The molecule has 1 N–H and O–H groups in total. The van der Waals surface area contributed by atoms with Crippen molar-refractivity contribution < 1.29 is 18.0 Å². The number of nitrogens with one attached hydrogen (secondary N) is 1. The van der Waals surface area contributed by atoms with E-state index in [4.69, 9.17) is 0 Å². The fraction of sp³-hybridized carbons (Fsp3) is 0.211. The van der Waals surface area contributed by atoms with Gasteiger partial charge in [-0.2, -0.15) is 13.2 Å². The zero-order valence-electron chi connectivity index (χ0n) is 14.4. The lowest BCUT2D eigenvalue weighted by atomic mass is 10.1. The number of amides is 1. The Balaban J connectivity index is 2.02. The normalized spacial score (nSPS) is 11.6. The van der Waals surface area contributed by atoms with Crippen LogP contribution in [0.2, 0.25) is 0 Å². The molecule has 1 amide bonds. The molecule has 1 aromatic heterocycles. The van der Waals surface area contributed by atoms with Gasteiger partial charge in [0.25, 0.3) is 5.56 Å². The number of carbonyl (C=O) groups is 1. The number of rotatable bonds is 4. The molecule has 140 valence electrons. The van der Waals surface area contributed by atoms with Gasteiger partial charge in [0.2, 0.25) is 11.6 Å². The quantitative estimate of drug-likeness (QED) is 0.758. The Bertz CT molecular complexity index is 1060. The van der Waals surface area contributed by atoms with Crippen LogP contribution in [-0.4, -0.2) is 15.5 Å². The summed E-state index contributed by atoms with van der Waals surface area (Å²) in [6.45, 7) is 1.37. The Morgan fingerprint density at radius 1 is 1.11 bits per heavy atom. The Hall–Kier alpha value is -3.16. The van der Waals surface area contributed by atoms with Gasteiger partial charge in [0.15, 0.2) is 0 Å². The lowest BCUT2D eigenvalue weighted by molar-refractivity contribution is -0.142. The van der Waals surface area contributed by atoms with Crippen LogP contribution >= 0.6 is 0 Å². The van der Waals surface area contributed by atoms with E-state index in [9.17, 15) is 22.8 Å². The van der Waals surface area contributed by atoms with Crippen LogP contribution in [0.5, 0.6) is 0 Å². The molecule has 0 saturated carbocycles. The predicted molar refractivity (Wildman–Crippen MR) is 95.5 cm³/mol. The topological polar surface area (TPSA) is 64.0 Å². The molecule has 8 heteroatoms. The summed E-state index contributed by atoms with van der Waals surface area (Å²) in [4.78, 5) is 28.2. The molecule has 0 unspecified atom stereocenters. The third kappa shape index (κ3) is 3.84. The van der Waals surface area contributed by atoms with Gasteiger partial charge >= 0.3 is 6.18 Å². The maximum Gasteiger partial charge on any atom is 0.438 e. The van der Waals surface area contributed by atoms with E-state index in [0.29, 0.717) is 12.1 Å². The van der Waals surface area contributed by atoms with Crippen molar-refractivity contribution in [3.8, 4) is 0 Å². The summed E-state index contributed by atoms with van der Waals surface area (Å²) in [5.74, 6) is -0.595. The number of hydrogen-bond donors (Lipinski definition) is 1. The number of para-hydroxylation sites is 3. The number of alkyl halides is 3. The van der Waals surface area contributed by atoms with Crippen LogP contribution in [0.4, 0.5) is 18.9 Å². The van der Waals surface area contributed by atoms with E-state index in [-0.39, 0.29) is 11.0 Å². The van der Waals surface area contributed by atoms with Gasteiger partial charge < -0.3 is 5.32 Å². The van der Waals surface area contributed by atoms with Gasteiger partial charge in [0.1, 0.15) is 6.54 Å². The highest BCUT2D eigenvalue weighted by atomic mass is 19.4. The summed E-state index contributed by atoms with van der Waals surface area (Å²) >= 11 is 0. The molecule has 0 fully saturated rings. The number of aryl methyl sites for hydroxylation is 1. The maximum absolute atomic E-state index is 13.2. The highest BCUT2D eigenvalue weighted by Gasteiger charge is 2.37. The number of benzene rings is 2. The first-order chi connectivity index (χ1) is 12.8. The van der Waals surface area contributed by atoms with E-state index in [1.54, 1.807) is 18.2 Å². The molecular formula is C19H16F3N3O2. The first kappa shape index (κ1) is 18.6. The van der Waals surface area contributed by atoms with E-state index in [2.05, 4.69) is 10.3 Å². The maximum atomic E-state index is 13.2. The third-order valence-electron chi connectivity index (χ3n) is 4.10. The van der Waals surface area contributed by atoms with Crippen molar-refractivity contribution in [1.82, 2.24) is 9.55 Å². The Kier molecular flexibility index (Phi) is 4.98. The van der Waals surface area contributed by atoms with Crippen molar-refractivity contribution in [2.24, 2.45) is 0 Å². The predicted octanol–water partition coefficient (Wildman–Crippen LogP) is 3.62. The third-order valence-corrected chi connectivity index (χ3v) is 4.10. The Labute approximate surface area is 152 Å². The van der Waals surface area contributed by atoms with Crippen molar-refractivity contribution in [2.45, 2.75) is 26.1 Å². The molecule has 2 aromatic carbocycles. The van der Waals surface area contributed by atoms with E-state index in [1.807, 2.05) is 19.1 Å². The second-order valence-corrected chi connectivity index (χ2v) is 5.90. The molecule has 27 heavy (non-hydrogen) atoms. The van der Waals surface area contributed by atoms with Crippen molar-refractivity contribution in [2.75, 3.05) is 5.32 Å². The summed E-state index contributed by atoms with van der Waals surface area (Å²) in [6, 6.07) is 13.0. The van der Waals surface area contributed by atoms with Crippen molar-refractivity contribution in [1.29, 1.82) is 0 Å². The van der Waals surface area contributed by atoms with Gasteiger partial charge in [-0.05, 0) is 30.2 Å². The summed E-state index contributed by atoms with van der Waals surface area (Å²) in [5.41, 5.74) is -1.29. The molecule has 3 rings (SSSR count). The largest absolute Gasteiger partial charge is 0.438 e. The zero-order valence-corrected chi connectivity index (χ0v) is 14.4. The highest BCUT2D eigenvalue weighted by Crippen LogP contribution is 2.26. The summed E-state index contributed by atoms with van der Waals surface area (Å²) < 4.78 is 40.3. The summed E-state index contributed by atoms with van der Waals surface area (Å²) in [5, 5.41) is 2.66. The van der Waals surface area contributed by atoms with Gasteiger partial charge in [-0.1, -0.05) is 37.3 Å². The molecular weight excluding hydrogens is 359 g/mol.